The highest BCUT2D eigenvalue weighted by Gasteiger charge is 2.16. The molecule has 2 aromatic rings. The van der Waals surface area contributed by atoms with Crippen LogP contribution in [-0.4, -0.2) is 24.5 Å². The monoisotopic (exact) mass is 356 g/mol. The number of hydrogen-bond acceptors (Lipinski definition) is 4. The molecule has 0 aliphatic rings. The Hall–Kier alpha value is -3.02. The molecular weight excluding hydrogens is 332 g/mol. The predicted molar refractivity (Wildman–Crippen MR) is 99.0 cm³/mol. The van der Waals surface area contributed by atoms with Crippen molar-refractivity contribution in [1.29, 1.82) is 0 Å². The number of hydrazine groups is 1. The van der Waals surface area contributed by atoms with Gasteiger partial charge < -0.3 is 9.47 Å². The first-order chi connectivity index (χ1) is 12.3. The van der Waals surface area contributed by atoms with Gasteiger partial charge in [0.05, 0.1) is 0 Å². The number of carbonyl (C=O) groups is 2. The van der Waals surface area contributed by atoms with E-state index in [1.165, 1.54) is 0 Å². The highest BCUT2D eigenvalue weighted by Crippen LogP contribution is 2.18. The third kappa shape index (κ3) is 5.81. The van der Waals surface area contributed by atoms with E-state index < -0.39 is 17.9 Å². The Labute approximate surface area is 153 Å². The maximum absolute atomic E-state index is 12.0. The SMILES string of the molecule is Cc1cc(C)cc(OCC(=O)NNC(=O)C(C)Oc2ccccc2C)c1. The molecule has 6 heteroatoms. The average Bonchev–Trinajstić information content (AvgIpc) is 2.59. The lowest BCUT2D eigenvalue weighted by atomic mass is 10.1. The Bertz CT molecular complexity index is 769. The fourth-order valence-corrected chi connectivity index (χ4v) is 2.37. The second kappa shape index (κ2) is 8.89. The Morgan fingerprint density at radius 1 is 1.00 bits per heavy atom. The lowest BCUT2D eigenvalue weighted by Crippen LogP contribution is -2.48. The third-order valence-electron chi connectivity index (χ3n) is 3.66. The van der Waals surface area contributed by atoms with Crippen LogP contribution in [0.4, 0.5) is 0 Å². The summed E-state index contributed by atoms with van der Waals surface area (Å²) in [5.41, 5.74) is 7.69. The van der Waals surface area contributed by atoms with Crippen molar-refractivity contribution in [3.05, 3.63) is 59.2 Å². The molecule has 0 aromatic heterocycles. The fourth-order valence-electron chi connectivity index (χ4n) is 2.37. The molecule has 0 aliphatic heterocycles. The topological polar surface area (TPSA) is 76.7 Å². The molecule has 26 heavy (non-hydrogen) atoms. The minimum atomic E-state index is -0.753. The van der Waals surface area contributed by atoms with Crippen molar-refractivity contribution in [3.63, 3.8) is 0 Å². The summed E-state index contributed by atoms with van der Waals surface area (Å²) in [6.45, 7) is 7.22. The summed E-state index contributed by atoms with van der Waals surface area (Å²) in [4.78, 5) is 23.9. The van der Waals surface area contributed by atoms with Gasteiger partial charge in [0.2, 0.25) is 0 Å². The van der Waals surface area contributed by atoms with E-state index in [2.05, 4.69) is 10.9 Å². The fraction of sp³-hybridized carbons (Fsp3) is 0.300. The zero-order valence-electron chi connectivity index (χ0n) is 15.5. The summed E-state index contributed by atoms with van der Waals surface area (Å²) in [6, 6.07) is 13.1. The highest BCUT2D eigenvalue weighted by molar-refractivity contribution is 5.85. The van der Waals surface area contributed by atoms with E-state index in [0.29, 0.717) is 11.5 Å². The number of benzene rings is 2. The molecule has 6 nitrogen and oxygen atoms in total. The van der Waals surface area contributed by atoms with E-state index >= 15 is 0 Å². The molecule has 1 atom stereocenters. The van der Waals surface area contributed by atoms with Gasteiger partial charge in [-0.05, 0) is 62.6 Å². The number of amides is 2. The summed E-state index contributed by atoms with van der Waals surface area (Å²) in [6.07, 6.45) is -0.753. The molecule has 0 heterocycles. The summed E-state index contributed by atoms with van der Waals surface area (Å²) in [7, 11) is 0. The molecule has 0 fully saturated rings. The van der Waals surface area contributed by atoms with Gasteiger partial charge in [0.15, 0.2) is 12.7 Å². The van der Waals surface area contributed by atoms with Crippen LogP contribution >= 0.6 is 0 Å². The molecule has 0 bridgehead atoms. The van der Waals surface area contributed by atoms with Crippen LogP contribution in [0, 0.1) is 20.8 Å². The molecule has 2 aromatic carbocycles. The average molecular weight is 356 g/mol. The van der Waals surface area contributed by atoms with Gasteiger partial charge in [-0.3, -0.25) is 20.4 Å². The number of para-hydroxylation sites is 1. The van der Waals surface area contributed by atoms with Gasteiger partial charge in [0.1, 0.15) is 11.5 Å². The van der Waals surface area contributed by atoms with E-state index in [1.54, 1.807) is 13.0 Å². The number of ether oxygens (including phenoxy) is 2. The molecule has 2 rings (SSSR count). The number of rotatable bonds is 6. The second-order valence-corrected chi connectivity index (χ2v) is 6.18. The van der Waals surface area contributed by atoms with Gasteiger partial charge in [0.25, 0.3) is 11.8 Å². The van der Waals surface area contributed by atoms with Gasteiger partial charge >= 0.3 is 0 Å². The molecule has 0 saturated heterocycles. The molecule has 2 amide bonds. The van der Waals surface area contributed by atoms with Crippen LogP contribution in [-0.2, 0) is 9.59 Å². The number of hydrogen-bond donors (Lipinski definition) is 2. The lowest BCUT2D eigenvalue weighted by Gasteiger charge is -2.16. The molecule has 0 radical (unpaired) electrons. The summed E-state index contributed by atoms with van der Waals surface area (Å²) in [5.74, 6) is 0.327. The van der Waals surface area contributed by atoms with Gasteiger partial charge in [-0.25, -0.2) is 0 Å². The minimum Gasteiger partial charge on any atom is -0.484 e. The van der Waals surface area contributed by atoms with Crippen LogP contribution in [0.25, 0.3) is 0 Å². The molecule has 1 unspecified atom stereocenters. The Morgan fingerprint density at radius 3 is 2.31 bits per heavy atom. The van der Waals surface area contributed by atoms with Crippen LogP contribution < -0.4 is 20.3 Å². The van der Waals surface area contributed by atoms with Crippen LogP contribution in [0.5, 0.6) is 11.5 Å². The Kier molecular flexibility index (Phi) is 6.60. The standard InChI is InChI=1S/C20H24N2O4/c1-13-9-14(2)11-17(10-13)25-12-19(23)21-22-20(24)16(4)26-18-8-6-5-7-15(18)3/h5-11,16H,12H2,1-4H3,(H,21,23)(H,22,24). The maximum Gasteiger partial charge on any atom is 0.279 e. The van der Waals surface area contributed by atoms with E-state index in [4.69, 9.17) is 9.47 Å². The number of nitrogens with one attached hydrogen (secondary N) is 2. The maximum atomic E-state index is 12.0. The third-order valence-corrected chi connectivity index (χ3v) is 3.66. The summed E-state index contributed by atoms with van der Waals surface area (Å²) >= 11 is 0. The molecule has 138 valence electrons. The Morgan fingerprint density at radius 2 is 1.65 bits per heavy atom. The van der Waals surface area contributed by atoms with Crippen molar-refractivity contribution in [2.24, 2.45) is 0 Å². The van der Waals surface area contributed by atoms with Crippen molar-refractivity contribution in [1.82, 2.24) is 10.9 Å². The zero-order chi connectivity index (χ0) is 19.1. The first-order valence-electron chi connectivity index (χ1n) is 8.37. The first-order valence-corrected chi connectivity index (χ1v) is 8.37. The highest BCUT2D eigenvalue weighted by atomic mass is 16.5. The molecular formula is C20H24N2O4. The van der Waals surface area contributed by atoms with Gasteiger partial charge in [-0.1, -0.05) is 24.3 Å². The van der Waals surface area contributed by atoms with Crippen molar-refractivity contribution >= 4 is 11.8 Å². The smallest absolute Gasteiger partial charge is 0.279 e. The molecule has 0 spiro atoms. The van der Waals surface area contributed by atoms with Crippen molar-refractivity contribution in [2.75, 3.05) is 6.61 Å². The summed E-state index contributed by atoms with van der Waals surface area (Å²) in [5, 5.41) is 0. The van der Waals surface area contributed by atoms with Crippen LogP contribution in [0.1, 0.15) is 23.6 Å². The first kappa shape index (κ1) is 19.3. The normalized spacial score (nSPS) is 11.4. The lowest BCUT2D eigenvalue weighted by molar-refractivity contribution is -0.133. The van der Waals surface area contributed by atoms with Crippen molar-refractivity contribution < 1.29 is 19.1 Å². The second-order valence-electron chi connectivity index (χ2n) is 6.18. The zero-order valence-corrected chi connectivity index (χ0v) is 15.5. The summed E-state index contributed by atoms with van der Waals surface area (Å²) < 4.78 is 11.0. The van der Waals surface area contributed by atoms with Crippen LogP contribution in [0.2, 0.25) is 0 Å². The number of carbonyl (C=O) groups excluding carboxylic acids is 2. The number of aryl methyl sites for hydroxylation is 3. The molecule has 0 aliphatic carbocycles. The van der Waals surface area contributed by atoms with E-state index in [1.807, 2.05) is 57.2 Å². The largest absolute Gasteiger partial charge is 0.484 e. The van der Waals surface area contributed by atoms with Crippen molar-refractivity contribution in [2.45, 2.75) is 33.8 Å². The molecule has 2 N–H and O–H groups in total. The van der Waals surface area contributed by atoms with Gasteiger partial charge in [0, 0.05) is 0 Å². The Balaban J connectivity index is 1.77. The molecule has 0 saturated carbocycles. The van der Waals surface area contributed by atoms with E-state index in [-0.39, 0.29) is 6.61 Å². The van der Waals surface area contributed by atoms with Crippen LogP contribution in [0.3, 0.4) is 0 Å². The quantitative estimate of drug-likeness (QED) is 0.780. The van der Waals surface area contributed by atoms with Gasteiger partial charge in [-0.15, -0.1) is 0 Å². The van der Waals surface area contributed by atoms with Gasteiger partial charge in [-0.2, -0.15) is 0 Å². The van der Waals surface area contributed by atoms with E-state index in [9.17, 15) is 9.59 Å². The van der Waals surface area contributed by atoms with Crippen molar-refractivity contribution in [3.8, 4) is 11.5 Å². The van der Waals surface area contributed by atoms with E-state index in [0.717, 1.165) is 16.7 Å². The van der Waals surface area contributed by atoms with Crippen LogP contribution in [0.15, 0.2) is 42.5 Å². The predicted octanol–water partition coefficient (Wildman–Crippen LogP) is 2.61. The minimum absolute atomic E-state index is 0.198.